The van der Waals surface area contributed by atoms with Crippen molar-refractivity contribution in [1.82, 2.24) is 9.97 Å². The van der Waals surface area contributed by atoms with Gasteiger partial charge in [-0.1, -0.05) is 59.1 Å². The van der Waals surface area contributed by atoms with Crippen molar-refractivity contribution in [3.8, 4) is 5.19 Å². The number of aromatic nitrogens is 2. The Bertz CT molecular complexity index is 1320. The number of carbonyl (C=O) groups is 1. The van der Waals surface area contributed by atoms with Crippen molar-refractivity contribution < 1.29 is 9.53 Å². The first kappa shape index (κ1) is 16.2. The topological polar surface area (TPSA) is 64.1 Å². The van der Waals surface area contributed by atoms with E-state index in [1.807, 2.05) is 54.6 Å². The maximum absolute atomic E-state index is 12.8. The van der Waals surface area contributed by atoms with Crippen LogP contribution in [0.15, 0.2) is 54.6 Å². The summed E-state index contributed by atoms with van der Waals surface area (Å²) in [5.41, 5.74) is 2.35. The molecule has 0 aliphatic heterocycles. The van der Waals surface area contributed by atoms with E-state index in [0.717, 1.165) is 31.2 Å². The molecule has 27 heavy (non-hydrogen) atoms. The monoisotopic (exact) mass is 391 g/mol. The number of nitrogens with one attached hydrogen (secondary N) is 1. The summed E-state index contributed by atoms with van der Waals surface area (Å²) in [5, 5.41) is 6.10. The zero-order valence-electron chi connectivity index (χ0n) is 14.2. The Morgan fingerprint density at radius 3 is 2.52 bits per heavy atom. The summed E-state index contributed by atoms with van der Waals surface area (Å²) in [6, 6.07) is 17.4. The summed E-state index contributed by atoms with van der Waals surface area (Å²) in [4.78, 5) is 21.8. The van der Waals surface area contributed by atoms with Crippen LogP contribution in [-0.2, 0) is 0 Å². The Morgan fingerprint density at radius 2 is 1.67 bits per heavy atom. The summed E-state index contributed by atoms with van der Waals surface area (Å²) >= 11 is 2.93. The minimum absolute atomic E-state index is 0.163. The van der Waals surface area contributed by atoms with Gasteiger partial charge in [0.15, 0.2) is 5.13 Å². The Labute approximate surface area is 162 Å². The molecule has 5 nitrogen and oxygen atoms in total. The zero-order chi connectivity index (χ0) is 18.4. The van der Waals surface area contributed by atoms with E-state index in [4.69, 9.17) is 4.74 Å². The highest BCUT2D eigenvalue weighted by Gasteiger charge is 2.15. The van der Waals surface area contributed by atoms with Gasteiger partial charge in [-0.25, -0.2) is 9.97 Å². The van der Waals surface area contributed by atoms with E-state index in [2.05, 4.69) is 15.3 Å². The number of amides is 1. The Morgan fingerprint density at radius 1 is 0.926 bits per heavy atom. The fourth-order valence-corrected chi connectivity index (χ4v) is 5.05. The van der Waals surface area contributed by atoms with Crippen LogP contribution in [-0.4, -0.2) is 23.0 Å². The SMILES string of the molecule is COc1nc2ccc3nc(NC(=O)c4cccc5ccccc45)sc3c2s1. The van der Waals surface area contributed by atoms with Crippen LogP contribution in [0.1, 0.15) is 10.4 Å². The maximum Gasteiger partial charge on any atom is 0.274 e. The first-order valence-corrected chi connectivity index (χ1v) is 9.89. The molecule has 0 aliphatic rings. The third kappa shape index (κ3) is 2.72. The Balaban J connectivity index is 1.55. The number of carbonyl (C=O) groups excluding carboxylic acids is 1. The fraction of sp³-hybridized carbons (Fsp3) is 0.0500. The molecule has 2 aromatic heterocycles. The highest BCUT2D eigenvalue weighted by atomic mass is 32.1. The van der Waals surface area contributed by atoms with Crippen LogP contribution in [0.25, 0.3) is 31.2 Å². The van der Waals surface area contributed by atoms with E-state index in [9.17, 15) is 4.79 Å². The molecule has 0 saturated heterocycles. The Kier molecular flexibility index (Phi) is 3.77. The van der Waals surface area contributed by atoms with Crippen LogP contribution < -0.4 is 10.1 Å². The van der Waals surface area contributed by atoms with Gasteiger partial charge in [0.1, 0.15) is 0 Å². The molecule has 0 unspecified atom stereocenters. The summed E-state index contributed by atoms with van der Waals surface area (Å²) in [7, 11) is 1.61. The van der Waals surface area contributed by atoms with Gasteiger partial charge >= 0.3 is 0 Å². The van der Waals surface area contributed by atoms with Gasteiger partial charge in [0.2, 0.25) is 0 Å². The van der Waals surface area contributed by atoms with Gasteiger partial charge in [0.05, 0.1) is 27.5 Å². The number of rotatable bonds is 3. The molecule has 1 N–H and O–H groups in total. The van der Waals surface area contributed by atoms with E-state index >= 15 is 0 Å². The van der Waals surface area contributed by atoms with Gasteiger partial charge in [-0.05, 0) is 29.0 Å². The molecule has 132 valence electrons. The van der Waals surface area contributed by atoms with Crippen LogP contribution in [0.4, 0.5) is 5.13 Å². The van der Waals surface area contributed by atoms with E-state index in [0.29, 0.717) is 15.9 Å². The molecule has 0 fully saturated rings. The van der Waals surface area contributed by atoms with E-state index in [1.54, 1.807) is 7.11 Å². The number of thiazole rings is 2. The van der Waals surface area contributed by atoms with Crippen molar-refractivity contribution in [2.75, 3.05) is 12.4 Å². The van der Waals surface area contributed by atoms with E-state index in [1.165, 1.54) is 22.7 Å². The molecule has 0 saturated carbocycles. The highest BCUT2D eigenvalue weighted by molar-refractivity contribution is 7.29. The predicted molar refractivity (Wildman–Crippen MR) is 111 cm³/mol. The van der Waals surface area contributed by atoms with E-state index in [-0.39, 0.29) is 5.91 Å². The number of fused-ring (bicyclic) bond motifs is 4. The molecular formula is C20H13N3O2S2. The third-order valence-corrected chi connectivity index (χ3v) is 6.51. The van der Waals surface area contributed by atoms with Crippen molar-refractivity contribution in [2.24, 2.45) is 0 Å². The molecule has 2 heterocycles. The standard InChI is InChI=1S/C20H13N3O2S2/c1-25-20-22-15-10-9-14-16(17(15)27-20)26-19(21-14)23-18(24)13-8-4-6-11-5-2-3-7-12(11)13/h2-10H,1H3,(H,21,23,24). The minimum atomic E-state index is -0.163. The van der Waals surface area contributed by atoms with Crippen molar-refractivity contribution in [3.63, 3.8) is 0 Å². The molecule has 1 amide bonds. The summed E-state index contributed by atoms with van der Waals surface area (Å²) in [6.07, 6.45) is 0. The second-order valence-electron chi connectivity index (χ2n) is 5.95. The molecule has 0 spiro atoms. The molecule has 0 bridgehead atoms. The lowest BCUT2D eigenvalue weighted by atomic mass is 10.0. The fourth-order valence-electron chi connectivity index (χ4n) is 3.08. The first-order chi connectivity index (χ1) is 13.2. The predicted octanol–water partition coefficient (Wildman–Crippen LogP) is 5.32. The number of methoxy groups -OCH3 is 1. The third-order valence-electron chi connectivity index (χ3n) is 4.32. The van der Waals surface area contributed by atoms with Crippen LogP contribution in [0.5, 0.6) is 5.19 Å². The molecule has 5 aromatic rings. The maximum atomic E-state index is 12.8. The number of anilines is 1. The van der Waals surface area contributed by atoms with Crippen molar-refractivity contribution >= 4 is 64.9 Å². The smallest absolute Gasteiger partial charge is 0.274 e. The molecular weight excluding hydrogens is 378 g/mol. The lowest BCUT2D eigenvalue weighted by Crippen LogP contribution is -2.12. The summed E-state index contributed by atoms with van der Waals surface area (Å²) in [5.74, 6) is -0.163. The number of hydrogen-bond acceptors (Lipinski definition) is 6. The largest absolute Gasteiger partial charge is 0.473 e. The van der Waals surface area contributed by atoms with E-state index < -0.39 is 0 Å². The van der Waals surface area contributed by atoms with Gasteiger partial charge in [0.25, 0.3) is 11.1 Å². The van der Waals surface area contributed by atoms with Crippen molar-refractivity contribution in [2.45, 2.75) is 0 Å². The van der Waals surface area contributed by atoms with Crippen molar-refractivity contribution in [1.29, 1.82) is 0 Å². The molecule has 5 rings (SSSR count). The van der Waals surface area contributed by atoms with Crippen LogP contribution in [0.2, 0.25) is 0 Å². The van der Waals surface area contributed by atoms with Crippen LogP contribution >= 0.6 is 22.7 Å². The van der Waals surface area contributed by atoms with Gasteiger partial charge < -0.3 is 4.74 Å². The molecule has 0 aliphatic carbocycles. The molecule has 0 radical (unpaired) electrons. The number of ether oxygens (including phenoxy) is 1. The quantitative estimate of drug-likeness (QED) is 0.452. The van der Waals surface area contributed by atoms with Crippen LogP contribution in [0, 0.1) is 0 Å². The molecule has 0 atom stereocenters. The first-order valence-electron chi connectivity index (χ1n) is 8.26. The number of benzene rings is 3. The highest BCUT2D eigenvalue weighted by Crippen LogP contribution is 2.38. The summed E-state index contributed by atoms with van der Waals surface area (Å²) < 4.78 is 7.26. The zero-order valence-corrected chi connectivity index (χ0v) is 15.9. The molecule has 7 heteroatoms. The van der Waals surface area contributed by atoms with Gasteiger partial charge in [-0.15, -0.1) is 0 Å². The number of hydrogen-bond donors (Lipinski definition) is 1. The number of nitrogens with zero attached hydrogens (tertiary/aromatic N) is 2. The average Bonchev–Trinajstić information content (AvgIpc) is 3.30. The van der Waals surface area contributed by atoms with Gasteiger partial charge in [-0.3, -0.25) is 10.1 Å². The normalized spacial score (nSPS) is 11.3. The summed E-state index contributed by atoms with van der Waals surface area (Å²) in [6.45, 7) is 0. The Hall–Kier alpha value is -3.03. The van der Waals surface area contributed by atoms with Crippen LogP contribution in [0.3, 0.4) is 0 Å². The second kappa shape index (κ2) is 6.29. The lowest BCUT2D eigenvalue weighted by Gasteiger charge is -2.05. The average molecular weight is 391 g/mol. The minimum Gasteiger partial charge on any atom is -0.473 e. The lowest BCUT2D eigenvalue weighted by molar-refractivity contribution is 0.102. The molecule has 3 aromatic carbocycles. The van der Waals surface area contributed by atoms with Crippen molar-refractivity contribution in [3.05, 3.63) is 60.2 Å². The van der Waals surface area contributed by atoms with Gasteiger partial charge in [-0.2, -0.15) is 0 Å². The van der Waals surface area contributed by atoms with Gasteiger partial charge in [0, 0.05) is 5.56 Å². The second-order valence-corrected chi connectivity index (χ2v) is 7.91.